The van der Waals surface area contributed by atoms with Gasteiger partial charge in [0.15, 0.2) is 0 Å². The first-order valence-corrected chi connectivity index (χ1v) is 7.55. The molecule has 112 valence electrons. The molecule has 3 heteroatoms. The zero-order valence-electron chi connectivity index (χ0n) is 13.1. The van der Waals surface area contributed by atoms with Gasteiger partial charge in [-0.15, -0.1) is 0 Å². The van der Waals surface area contributed by atoms with Crippen molar-refractivity contribution in [3.8, 4) is 5.75 Å². The van der Waals surface area contributed by atoms with Crippen LogP contribution in [0.2, 0.25) is 0 Å². The van der Waals surface area contributed by atoms with Gasteiger partial charge in [0.2, 0.25) is 0 Å². The van der Waals surface area contributed by atoms with Gasteiger partial charge in [-0.3, -0.25) is 0 Å². The Morgan fingerprint density at radius 1 is 1.25 bits per heavy atom. The molecule has 0 saturated heterocycles. The van der Waals surface area contributed by atoms with Crippen molar-refractivity contribution in [2.75, 3.05) is 20.3 Å². The molecule has 0 heterocycles. The highest BCUT2D eigenvalue weighted by Gasteiger charge is 2.48. The first-order chi connectivity index (χ1) is 9.57. The molecule has 0 aliphatic heterocycles. The van der Waals surface area contributed by atoms with E-state index in [4.69, 9.17) is 9.47 Å². The van der Waals surface area contributed by atoms with Crippen molar-refractivity contribution in [2.45, 2.75) is 45.8 Å². The Bertz CT molecular complexity index is 414. The maximum absolute atomic E-state index is 5.76. The Balaban J connectivity index is 1.73. The summed E-state index contributed by atoms with van der Waals surface area (Å²) in [6, 6.07) is 8.88. The van der Waals surface area contributed by atoms with Crippen LogP contribution in [-0.2, 0) is 11.2 Å². The number of hydrogen-bond donors (Lipinski definition) is 1. The number of hydrogen-bond acceptors (Lipinski definition) is 3. The van der Waals surface area contributed by atoms with Crippen molar-refractivity contribution in [2.24, 2.45) is 5.41 Å². The molecule has 1 aliphatic carbocycles. The quantitative estimate of drug-likeness (QED) is 0.831. The molecule has 1 aliphatic rings. The zero-order valence-corrected chi connectivity index (χ0v) is 13.1. The summed E-state index contributed by atoms with van der Waals surface area (Å²) < 4.78 is 10.9. The molecule has 1 aromatic rings. The lowest BCUT2D eigenvalue weighted by Gasteiger charge is -2.52. The van der Waals surface area contributed by atoms with Crippen LogP contribution < -0.4 is 10.1 Å². The van der Waals surface area contributed by atoms with Crippen LogP contribution >= 0.6 is 0 Å². The summed E-state index contributed by atoms with van der Waals surface area (Å²) >= 11 is 0. The van der Waals surface area contributed by atoms with Crippen LogP contribution in [0.25, 0.3) is 0 Å². The Hall–Kier alpha value is -1.06. The minimum atomic E-state index is 0.246. The van der Waals surface area contributed by atoms with E-state index in [9.17, 15) is 0 Å². The monoisotopic (exact) mass is 277 g/mol. The molecule has 0 radical (unpaired) electrons. The van der Waals surface area contributed by atoms with Crippen LogP contribution in [0.4, 0.5) is 0 Å². The molecule has 1 fully saturated rings. The Labute approximate surface area is 122 Å². The molecule has 1 aromatic carbocycles. The molecule has 1 N–H and O–H groups in total. The van der Waals surface area contributed by atoms with E-state index >= 15 is 0 Å². The largest absolute Gasteiger partial charge is 0.497 e. The molecule has 2 unspecified atom stereocenters. The Morgan fingerprint density at radius 2 is 1.95 bits per heavy atom. The number of benzene rings is 1. The fourth-order valence-corrected chi connectivity index (χ4v) is 2.90. The average molecular weight is 277 g/mol. The number of ether oxygens (including phenoxy) is 2. The summed E-state index contributed by atoms with van der Waals surface area (Å²) in [6.45, 7) is 8.48. The maximum atomic E-state index is 5.76. The molecule has 2 rings (SSSR count). The van der Waals surface area contributed by atoms with Gasteiger partial charge in [0.05, 0.1) is 13.2 Å². The molecule has 20 heavy (non-hydrogen) atoms. The second kappa shape index (κ2) is 6.59. The van der Waals surface area contributed by atoms with E-state index in [0.29, 0.717) is 12.1 Å². The van der Waals surface area contributed by atoms with E-state index in [1.807, 2.05) is 12.1 Å². The molecule has 1 saturated carbocycles. The van der Waals surface area contributed by atoms with Gasteiger partial charge < -0.3 is 14.8 Å². The molecule has 0 spiro atoms. The van der Waals surface area contributed by atoms with E-state index in [1.54, 1.807) is 7.11 Å². The first kappa shape index (κ1) is 15.3. The van der Waals surface area contributed by atoms with Crippen LogP contribution in [0.15, 0.2) is 24.3 Å². The summed E-state index contributed by atoms with van der Waals surface area (Å²) in [5, 5.41) is 3.66. The van der Waals surface area contributed by atoms with Gasteiger partial charge in [0, 0.05) is 18.1 Å². The van der Waals surface area contributed by atoms with E-state index < -0.39 is 0 Å². The van der Waals surface area contributed by atoms with Crippen LogP contribution in [0.5, 0.6) is 5.75 Å². The summed E-state index contributed by atoms with van der Waals surface area (Å²) in [5.74, 6) is 0.918. The van der Waals surface area contributed by atoms with Crippen LogP contribution in [0.1, 0.15) is 32.8 Å². The lowest BCUT2D eigenvalue weighted by atomic mass is 9.64. The summed E-state index contributed by atoms with van der Waals surface area (Å²) in [7, 11) is 1.70. The predicted octanol–water partition coefficient (Wildman–Crippen LogP) is 3.03. The van der Waals surface area contributed by atoms with E-state index in [2.05, 4.69) is 38.2 Å². The molecule has 2 atom stereocenters. The van der Waals surface area contributed by atoms with Crippen molar-refractivity contribution in [1.29, 1.82) is 0 Å². The summed E-state index contributed by atoms with van der Waals surface area (Å²) in [5.41, 5.74) is 1.59. The van der Waals surface area contributed by atoms with Crippen molar-refractivity contribution in [3.05, 3.63) is 29.8 Å². The Morgan fingerprint density at radius 3 is 2.50 bits per heavy atom. The van der Waals surface area contributed by atoms with Crippen LogP contribution in [0, 0.1) is 5.41 Å². The first-order valence-electron chi connectivity index (χ1n) is 7.55. The minimum absolute atomic E-state index is 0.246. The van der Waals surface area contributed by atoms with E-state index in [-0.39, 0.29) is 5.41 Å². The topological polar surface area (TPSA) is 30.5 Å². The van der Waals surface area contributed by atoms with E-state index in [1.165, 1.54) is 5.56 Å². The predicted molar refractivity (Wildman–Crippen MR) is 82.3 cm³/mol. The number of nitrogens with one attached hydrogen (secondary N) is 1. The van der Waals surface area contributed by atoms with Crippen molar-refractivity contribution < 1.29 is 9.47 Å². The second-order valence-electron chi connectivity index (χ2n) is 6.11. The lowest BCUT2D eigenvalue weighted by molar-refractivity contribution is -0.113. The standard InChI is InChI=1S/C17H27NO2/c1-5-20-16-12-15(17(16,2)3)18-11-10-13-6-8-14(19-4)9-7-13/h6-9,15-16,18H,5,10-12H2,1-4H3. The van der Waals surface area contributed by atoms with Gasteiger partial charge in [-0.1, -0.05) is 26.0 Å². The third-order valence-electron chi connectivity index (χ3n) is 4.51. The molecule has 3 nitrogen and oxygen atoms in total. The second-order valence-corrected chi connectivity index (χ2v) is 6.11. The van der Waals surface area contributed by atoms with Gasteiger partial charge in [0.25, 0.3) is 0 Å². The van der Waals surface area contributed by atoms with Crippen molar-refractivity contribution in [3.63, 3.8) is 0 Å². The molecular weight excluding hydrogens is 250 g/mol. The SMILES string of the molecule is CCOC1CC(NCCc2ccc(OC)cc2)C1(C)C. The van der Waals surface area contributed by atoms with E-state index in [0.717, 1.165) is 31.7 Å². The summed E-state index contributed by atoms with van der Waals surface area (Å²) in [6.07, 6.45) is 2.59. The molecular formula is C17H27NO2. The number of methoxy groups -OCH3 is 1. The van der Waals surface area contributed by atoms with Gasteiger partial charge >= 0.3 is 0 Å². The fourth-order valence-electron chi connectivity index (χ4n) is 2.90. The minimum Gasteiger partial charge on any atom is -0.497 e. The fraction of sp³-hybridized carbons (Fsp3) is 0.647. The highest BCUT2D eigenvalue weighted by molar-refractivity contribution is 5.27. The zero-order chi connectivity index (χ0) is 14.6. The van der Waals surface area contributed by atoms with Crippen LogP contribution in [0.3, 0.4) is 0 Å². The molecule has 0 amide bonds. The normalized spacial score (nSPS) is 24.2. The number of rotatable bonds is 7. The smallest absolute Gasteiger partial charge is 0.118 e. The maximum Gasteiger partial charge on any atom is 0.118 e. The van der Waals surface area contributed by atoms with Crippen molar-refractivity contribution in [1.82, 2.24) is 5.32 Å². The van der Waals surface area contributed by atoms with Gasteiger partial charge in [-0.2, -0.15) is 0 Å². The lowest BCUT2D eigenvalue weighted by Crippen LogP contribution is -2.61. The van der Waals surface area contributed by atoms with Crippen LogP contribution in [-0.4, -0.2) is 32.4 Å². The summed E-state index contributed by atoms with van der Waals surface area (Å²) in [4.78, 5) is 0. The van der Waals surface area contributed by atoms with Gasteiger partial charge in [-0.25, -0.2) is 0 Å². The highest BCUT2D eigenvalue weighted by Crippen LogP contribution is 2.42. The third-order valence-corrected chi connectivity index (χ3v) is 4.51. The molecule has 0 aromatic heterocycles. The highest BCUT2D eigenvalue weighted by atomic mass is 16.5. The van der Waals surface area contributed by atoms with Crippen molar-refractivity contribution >= 4 is 0 Å². The Kier molecular flexibility index (Phi) is 5.06. The third kappa shape index (κ3) is 3.33. The average Bonchev–Trinajstić information content (AvgIpc) is 2.46. The van der Waals surface area contributed by atoms with Gasteiger partial charge in [-0.05, 0) is 44.0 Å². The molecule has 0 bridgehead atoms. The van der Waals surface area contributed by atoms with Gasteiger partial charge in [0.1, 0.15) is 5.75 Å².